The average Bonchev–Trinajstić information content (AvgIpc) is 3.26. The second-order valence-electron chi connectivity index (χ2n) is 7.11. The van der Waals surface area contributed by atoms with Gasteiger partial charge in [0.05, 0.1) is 32.0 Å². The van der Waals surface area contributed by atoms with E-state index in [1.807, 2.05) is 0 Å². The largest absolute Gasteiger partial charge is 0.495 e. The molecule has 2 aromatic rings. The third-order valence-corrected chi connectivity index (χ3v) is 6.97. The molecular weight excluding hydrogens is 444 g/mol. The number of sulfonamides is 1. The highest BCUT2D eigenvalue weighted by molar-refractivity contribution is 7.89. The summed E-state index contributed by atoms with van der Waals surface area (Å²) < 4.78 is 44.2. The molecule has 0 radical (unpaired) electrons. The maximum Gasteiger partial charge on any atom is 0.255 e. The van der Waals surface area contributed by atoms with Crippen molar-refractivity contribution >= 4 is 33.2 Å². The summed E-state index contributed by atoms with van der Waals surface area (Å²) in [6.45, 7) is 0. The summed E-state index contributed by atoms with van der Waals surface area (Å²) >= 11 is 6.24. The number of rotatable bonds is 8. The number of anilines is 1. The molecule has 0 unspecified atom stereocenters. The number of hydrogen-bond acceptors (Lipinski definition) is 6. The molecule has 1 aliphatic carbocycles. The zero-order valence-corrected chi connectivity index (χ0v) is 19.1. The maximum absolute atomic E-state index is 12.9. The van der Waals surface area contributed by atoms with Gasteiger partial charge in [0.15, 0.2) is 11.5 Å². The van der Waals surface area contributed by atoms with Crippen molar-refractivity contribution < 1.29 is 27.4 Å². The maximum atomic E-state index is 12.9. The number of methoxy groups -OCH3 is 3. The van der Waals surface area contributed by atoms with Gasteiger partial charge in [0.1, 0.15) is 10.6 Å². The fraction of sp³-hybridized carbons (Fsp3) is 0.381. The molecule has 0 bridgehead atoms. The highest BCUT2D eigenvalue weighted by atomic mass is 35.5. The van der Waals surface area contributed by atoms with Crippen LogP contribution in [0.5, 0.6) is 17.2 Å². The molecule has 1 saturated carbocycles. The van der Waals surface area contributed by atoms with Gasteiger partial charge in [-0.2, -0.15) is 0 Å². The molecule has 0 heterocycles. The molecule has 8 nitrogen and oxygen atoms in total. The lowest BCUT2D eigenvalue weighted by molar-refractivity contribution is 0.102. The molecule has 2 aromatic carbocycles. The molecule has 0 saturated heterocycles. The Labute approximate surface area is 186 Å². The van der Waals surface area contributed by atoms with Gasteiger partial charge in [-0.1, -0.05) is 24.4 Å². The Kier molecular flexibility index (Phi) is 7.30. The Bertz CT molecular complexity index is 1070. The van der Waals surface area contributed by atoms with Crippen LogP contribution in [0.2, 0.25) is 5.02 Å². The number of nitrogens with one attached hydrogen (secondary N) is 2. The Morgan fingerprint density at radius 2 is 1.58 bits per heavy atom. The summed E-state index contributed by atoms with van der Waals surface area (Å²) in [5.41, 5.74) is 0.437. The van der Waals surface area contributed by atoms with Gasteiger partial charge in [-0.3, -0.25) is 4.79 Å². The van der Waals surface area contributed by atoms with Crippen molar-refractivity contribution in [2.75, 3.05) is 26.6 Å². The van der Waals surface area contributed by atoms with Gasteiger partial charge in [0.25, 0.3) is 5.91 Å². The van der Waals surface area contributed by atoms with Crippen molar-refractivity contribution in [3.05, 3.63) is 40.9 Å². The van der Waals surface area contributed by atoms with Crippen LogP contribution in [-0.2, 0) is 10.0 Å². The second kappa shape index (κ2) is 9.76. The van der Waals surface area contributed by atoms with Crippen LogP contribution in [-0.4, -0.2) is 41.7 Å². The lowest BCUT2D eigenvalue weighted by atomic mass is 10.2. The third kappa shape index (κ3) is 5.23. The molecule has 0 aromatic heterocycles. The fourth-order valence-corrected chi connectivity index (χ4v) is 5.20. The van der Waals surface area contributed by atoms with Crippen LogP contribution in [0, 0.1) is 0 Å². The van der Waals surface area contributed by atoms with E-state index >= 15 is 0 Å². The predicted octanol–water partition coefficient (Wildman–Crippen LogP) is 3.84. The first-order valence-corrected chi connectivity index (χ1v) is 11.6. The van der Waals surface area contributed by atoms with Crippen LogP contribution in [0.25, 0.3) is 0 Å². The number of benzene rings is 2. The van der Waals surface area contributed by atoms with Crippen LogP contribution in [0.4, 0.5) is 5.69 Å². The Morgan fingerprint density at radius 1 is 0.968 bits per heavy atom. The van der Waals surface area contributed by atoms with Gasteiger partial charge in [-0.05, 0) is 31.0 Å². The Balaban J connectivity index is 1.89. The van der Waals surface area contributed by atoms with E-state index in [0.29, 0.717) is 17.2 Å². The summed E-state index contributed by atoms with van der Waals surface area (Å²) in [4.78, 5) is 12.8. The number of halogens is 1. The molecular formula is C21H25ClN2O6S. The van der Waals surface area contributed by atoms with Crippen molar-refractivity contribution in [3.8, 4) is 17.2 Å². The van der Waals surface area contributed by atoms with E-state index in [0.717, 1.165) is 25.7 Å². The minimum atomic E-state index is -3.86. The van der Waals surface area contributed by atoms with Crippen LogP contribution in [0.1, 0.15) is 36.0 Å². The molecule has 0 atom stereocenters. The summed E-state index contributed by atoms with van der Waals surface area (Å²) in [6, 6.07) is 7.16. The van der Waals surface area contributed by atoms with Crippen molar-refractivity contribution in [3.63, 3.8) is 0 Å². The van der Waals surface area contributed by atoms with E-state index in [1.165, 1.54) is 51.7 Å². The first-order chi connectivity index (χ1) is 14.8. The van der Waals surface area contributed by atoms with Gasteiger partial charge in [0, 0.05) is 23.7 Å². The molecule has 1 amide bonds. The van der Waals surface area contributed by atoms with E-state index in [-0.39, 0.29) is 27.3 Å². The predicted molar refractivity (Wildman–Crippen MR) is 118 cm³/mol. The number of carbonyl (C=O) groups excluding carboxylic acids is 1. The van der Waals surface area contributed by atoms with Gasteiger partial charge in [-0.25, -0.2) is 13.1 Å². The monoisotopic (exact) mass is 468 g/mol. The van der Waals surface area contributed by atoms with Crippen LogP contribution in [0.15, 0.2) is 35.2 Å². The summed E-state index contributed by atoms with van der Waals surface area (Å²) in [5, 5.41) is 2.92. The molecule has 10 heteroatoms. The minimum Gasteiger partial charge on any atom is -0.495 e. The zero-order valence-electron chi connectivity index (χ0n) is 17.5. The van der Waals surface area contributed by atoms with Crippen LogP contribution in [0.3, 0.4) is 0 Å². The standard InChI is InChI=1S/C21H25ClN2O6S/c1-28-17-9-8-13(10-20(17)31(26,27)24-14-6-4-5-7-14)21(25)23-16-12-19(30-3)18(29-2)11-15(16)22/h8-12,14,24H,4-7H2,1-3H3,(H,23,25). The average molecular weight is 469 g/mol. The second-order valence-corrected chi connectivity index (χ2v) is 9.20. The van der Waals surface area contributed by atoms with Crippen molar-refractivity contribution in [1.29, 1.82) is 0 Å². The number of hydrogen-bond donors (Lipinski definition) is 2. The Hall–Kier alpha value is -2.49. The number of carbonyl (C=O) groups is 1. The highest BCUT2D eigenvalue weighted by Gasteiger charge is 2.27. The number of amides is 1. The van der Waals surface area contributed by atoms with Crippen molar-refractivity contribution in [2.24, 2.45) is 0 Å². The quantitative estimate of drug-likeness (QED) is 0.610. The molecule has 168 valence electrons. The lowest BCUT2D eigenvalue weighted by Crippen LogP contribution is -2.33. The first kappa shape index (κ1) is 23.2. The lowest BCUT2D eigenvalue weighted by Gasteiger charge is -2.16. The van der Waals surface area contributed by atoms with E-state index in [4.69, 9.17) is 25.8 Å². The fourth-order valence-electron chi connectivity index (χ4n) is 3.50. The van der Waals surface area contributed by atoms with Gasteiger partial charge >= 0.3 is 0 Å². The summed E-state index contributed by atoms with van der Waals surface area (Å²) in [5.74, 6) is 0.433. The van der Waals surface area contributed by atoms with Gasteiger partial charge in [-0.15, -0.1) is 0 Å². The molecule has 0 spiro atoms. The van der Waals surface area contributed by atoms with Crippen molar-refractivity contribution in [2.45, 2.75) is 36.6 Å². The van der Waals surface area contributed by atoms with Crippen LogP contribution < -0.4 is 24.2 Å². The first-order valence-electron chi connectivity index (χ1n) is 9.72. The van der Waals surface area contributed by atoms with Crippen LogP contribution >= 0.6 is 11.6 Å². The van der Waals surface area contributed by atoms with Crippen molar-refractivity contribution in [1.82, 2.24) is 4.72 Å². The minimum absolute atomic E-state index is 0.0899. The van der Waals surface area contributed by atoms with E-state index in [9.17, 15) is 13.2 Å². The zero-order chi connectivity index (χ0) is 22.6. The number of ether oxygens (including phenoxy) is 3. The molecule has 2 N–H and O–H groups in total. The molecule has 1 fully saturated rings. The molecule has 0 aliphatic heterocycles. The third-order valence-electron chi connectivity index (χ3n) is 5.11. The van der Waals surface area contributed by atoms with E-state index in [1.54, 1.807) is 0 Å². The van der Waals surface area contributed by atoms with E-state index < -0.39 is 15.9 Å². The molecule has 3 rings (SSSR count). The normalized spacial score (nSPS) is 14.3. The van der Waals surface area contributed by atoms with Gasteiger partial charge < -0.3 is 19.5 Å². The summed E-state index contributed by atoms with van der Waals surface area (Å²) in [7, 11) is 0.466. The highest BCUT2D eigenvalue weighted by Crippen LogP contribution is 2.36. The smallest absolute Gasteiger partial charge is 0.255 e. The molecule has 1 aliphatic rings. The molecule has 31 heavy (non-hydrogen) atoms. The SMILES string of the molecule is COc1cc(Cl)c(NC(=O)c2ccc(OC)c(S(=O)(=O)NC3CCCC3)c2)cc1OC. The van der Waals surface area contributed by atoms with Gasteiger partial charge in [0.2, 0.25) is 10.0 Å². The topological polar surface area (TPSA) is 103 Å². The summed E-state index contributed by atoms with van der Waals surface area (Å²) in [6.07, 6.45) is 3.55. The Morgan fingerprint density at radius 3 is 2.19 bits per heavy atom. The van der Waals surface area contributed by atoms with E-state index in [2.05, 4.69) is 10.0 Å².